The van der Waals surface area contributed by atoms with Crippen molar-refractivity contribution in [1.82, 2.24) is 5.43 Å². The Labute approximate surface area is 153 Å². The first-order chi connectivity index (χ1) is 12.9. The van der Waals surface area contributed by atoms with Crippen molar-refractivity contribution in [2.45, 2.75) is 0 Å². The van der Waals surface area contributed by atoms with Crippen LogP contribution in [-0.4, -0.2) is 37.2 Å². The first-order valence-electron chi connectivity index (χ1n) is 7.43. The predicted molar refractivity (Wildman–Crippen MR) is 92.0 cm³/mol. The quantitative estimate of drug-likeness (QED) is 0.429. The van der Waals surface area contributed by atoms with Crippen LogP contribution in [0.25, 0.3) is 0 Å². The average Bonchev–Trinajstić information content (AvgIpc) is 2.66. The van der Waals surface area contributed by atoms with Crippen LogP contribution in [-0.2, 0) is 0 Å². The Kier molecular flexibility index (Phi) is 6.05. The van der Waals surface area contributed by atoms with Crippen LogP contribution >= 0.6 is 0 Å². The van der Waals surface area contributed by atoms with Crippen molar-refractivity contribution in [3.63, 3.8) is 0 Å². The standard InChI is InChI=1S/C17H15N3O7/c1-26-13-7-6-11(14(17(22)23)15(13)27-2)9-18-19-16(21)10-4-3-5-12(8-10)20(24)25/h3-9H,1-2H3,(H,19,21)(H,22,23)/p-1. The SMILES string of the molecule is COc1ccc(C=NNC(=O)c2cccc([N+](=O)[O-])c2)c(C(=O)[O-])c1OC. The number of carboxylic acid groups (broad SMARTS) is 1. The highest BCUT2D eigenvalue weighted by atomic mass is 16.6. The summed E-state index contributed by atoms with van der Waals surface area (Å²) in [7, 11) is 2.62. The van der Waals surface area contributed by atoms with Gasteiger partial charge >= 0.3 is 0 Å². The first-order valence-corrected chi connectivity index (χ1v) is 7.43. The monoisotopic (exact) mass is 372 g/mol. The Hall–Kier alpha value is -3.95. The summed E-state index contributed by atoms with van der Waals surface area (Å²) < 4.78 is 10.1. The molecular formula is C17H14N3O7-. The molecule has 0 aliphatic rings. The maximum atomic E-state index is 12.0. The van der Waals surface area contributed by atoms with E-state index in [0.717, 1.165) is 12.3 Å². The topological polar surface area (TPSA) is 143 Å². The number of carbonyl (C=O) groups is 2. The number of nitro benzene ring substituents is 1. The Balaban J connectivity index is 2.26. The number of rotatable bonds is 7. The van der Waals surface area contributed by atoms with Crippen LogP contribution in [0.3, 0.4) is 0 Å². The summed E-state index contributed by atoms with van der Waals surface area (Å²) >= 11 is 0. The molecule has 0 fully saturated rings. The van der Waals surface area contributed by atoms with Crippen LogP contribution in [0.4, 0.5) is 5.69 Å². The summed E-state index contributed by atoms with van der Waals surface area (Å²) in [5.41, 5.74) is 1.75. The molecule has 1 N–H and O–H groups in total. The number of hydrogen-bond acceptors (Lipinski definition) is 8. The molecular weight excluding hydrogens is 358 g/mol. The molecule has 0 aliphatic carbocycles. The predicted octanol–water partition coefficient (Wildman–Crippen LogP) is 0.739. The maximum Gasteiger partial charge on any atom is 0.271 e. The van der Waals surface area contributed by atoms with Gasteiger partial charge in [-0.25, -0.2) is 5.43 Å². The third kappa shape index (κ3) is 4.37. The minimum atomic E-state index is -1.52. The molecule has 0 heterocycles. The number of non-ortho nitro benzene ring substituents is 1. The van der Waals surface area contributed by atoms with E-state index in [9.17, 15) is 24.8 Å². The zero-order valence-corrected chi connectivity index (χ0v) is 14.3. The van der Waals surface area contributed by atoms with Crippen LogP contribution in [0.15, 0.2) is 41.5 Å². The van der Waals surface area contributed by atoms with Gasteiger partial charge in [0.2, 0.25) is 0 Å². The molecule has 140 valence electrons. The molecule has 0 aromatic heterocycles. The number of nitro groups is 1. The van der Waals surface area contributed by atoms with Gasteiger partial charge in [-0.15, -0.1) is 0 Å². The van der Waals surface area contributed by atoms with E-state index in [1.54, 1.807) is 0 Å². The highest BCUT2D eigenvalue weighted by molar-refractivity contribution is 6.01. The summed E-state index contributed by atoms with van der Waals surface area (Å²) in [6.45, 7) is 0. The zero-order valence-electron chi connectivity index (χ0n) is 14.3. The van der Waals surface area contributed by atoms with Gasteiger partial charge in [0.15, 0.2) is 11.5 Å². The zero-order chi connectivity index (χ0) is 20.0. The Morgan fingerprint density at radius 1 is 1.19 bits per heavy atom. The lowest BCUT2D eigenvalue weighted by Crippen LogP contribution is -2.25. The van der Waals surface area contributed by atoms with Gasteiger partial charge in [-0.05, 0) is 18.2 Å². The van der Waals surface area contributed by atoms with E-state index in [1.807, 2.05) is 0 Å². The number of carboxylic acids is 1. The van der Waals surface area contributed by atoms with E-state index < -0.39 is 16.8 Å². The first kappa shape index (κ1) is 19.4. The number of aromatic carboxylic acids is 1. The molecule has 2 aromatic rings. The molecule has 0 aliphatic heterocycles. The molecule has 0 atom stereocenters. The van der Waals surface area contributed by atoms with Crippen LogP contribution in [0.2, 0.25) is 0 Å². The van der Waals surface area contributed by atoms with Gasteiger partial charge in [0.05, 0.1) is 36.9 Å². The Morgan fingerprint density at radius 3 is 2.52 bits per heavy atom. The number of amides is 1. The number of carbonyl (C=O) groups excluding carboxylic acids is 2. The summed E-state index contributed by atoms with van der Waals surface area (Å²) in [6, 6.07) is 7.94. The van der Waals surface area contributed by atoms with Crippen molar-refractivity contribution in [1.29, 1.82) is 0 Å². The van der Waals surface area contributed by atoms with Gasteiger partial charge in [-0.1, -0.05) is 6.07 Å². The number of nitrogens with one attached hydrogen (secondary N) is 1. The Morgan fingerprint density at radius 2 is 1.93 bits per heavy atom. The maximum absolute atomic E-state index is 12.0. The fourth-order valence-corrected chi connectivity index (χ4v) is 2.25. The molecule has 10 nitrogen and oxygen atoms in total. The molecule has 0 bridgehead atoms. The third-order valence-corrected chi connectivity index (χ3v) is 3.47. The van der Waals surface area contributed by atoms with Crippen LogP contribution < -0.4 is 20.0 Å². The van der Waals surface area contributed by atoms with Gasteiger partial charge in [-0.3, -0.25) is 14.9 Å². The van der Waals surface area contributed by atoms with Crippen molar-refractivity contribution < 1.29 is 29.1 Å². The number of nitrogens with zero attached hydrogens (tertiary/aromatic N) is 2. The molecule has 2 rings (SSSR count). The highest BCUT2D eigenvalue weighted by Crippen LogP contribution is 2.32. The van der Waals surface area contributed by atoms with Crippen molar-refractivity contribution in [2.24, 2.45) is 5.10 Å². The lowest BCUT2D eigenvalue weighted by molar-refractivity contribution is -0.384. The molecule has 1 amide bonds. The second-order valence-electron chi connectivity index (χ2n) is 5.06. The van der Waals surface area contributed by atoms with Crippen molar-refractivity contribution in [3.05, 3.63) is 63.2 Å². The van der Waals surface area contributed by atoms with Gasteiger partial charge in [0.1, 0.15) is 0 Å². The second kappa shape index (κ2) is 8.43. The number of ether oxygens (including phenoxy) is 2. The van der Waals surface area contributed by atoms with Crippen LogP contribution in [0, 0.1) is 10.1 Å². The van der Waals surface area contributed by atoms with Crippen LogP contribution in [0.5, 0.6) is 11.5 Å². The normalized spacial score (nSPS) is 10.4. The number of hydrogen-bond donors (Lipinski definition) is 1. The second-order valence-corrected chi connectivity index (χ2v) is 5.06. The fourth-order valence-electron chi connectivity index (χ4n) is 2.25. The molecule has 0 saturated heterocycles. The van der Waals surface area contributed by atoms with E-state index in [0.29, 0.717) is 0 Å². The minimum Gasteiger partial charge on any atom is -0.545 e. The molecule has 0 radical (unpaired) electrons. The van der Waals surface area contributed by atoms with Gasteiger partial charge in [0, 0.05) is 23.3 Å². The van der Waals surface area contributed by atoms with Gasteiger partial charge in [0.25, 0.3) is 11.6 Å². The summed E-state index contributed by atoms with van der Waals surface area (Å²) in [6.07, 6.45) is 1.09. The van der Waals surface area contributed by atoms with E-state index in [1.165, 1.54) is 44.6 Å². The lowest BCUT2D eigenvalue weighted by Gasteiger charge is -2.15. The molecule has 27 heavy (non-hydrogen) atoms. The van der Waals surface area contributed by atoms with E-state index >= 15 is 0 Å². The largest absolute Gasteiger partial charge is 0.545 e. The lowest BCUT2D eigenvalue weighted by atomic mass is 10.1. The number of hydrazone groups is 1. The third-order valence-electron chi connectivity index (χ3n) is 3.47. The highest BCUT2D eigenvalue weighted by Gasteiger charge is 2.15. The smallest absolute Gasteiger partial charge is 0.271 e. The fraction of sp³-hybridized carbons (Fsp3) is 0.118. The van der Waals surface area contributed by atoms with Gasteiger partial charge in [-0.2, -0.15) is 5.10 Å². The molecule has 2 aromatic carbocycles. The summed E-state index contributed by atoms with van der Waals surface area (Å²) in [5.74, 6) is -2.08. The Bertz CT molecular complexity index is 925. The summed E-state index contributed by atoms with van der Waals surface area (Å²) in [5, 5.41) is 25.9. The molecule has 0 spiro atoms. The van der Waals surface area contributed by atoms with Crippen molar-refractivity contribution in [2.75, 3.05) is 14.2 Å². The van der Waals surface area contributed by atoms with E-state index in [2.05, 4.69) is 10.5 Å². The minimum absolute atomic E-state index is 0.0220. The molecule has 0 saturated carbocycles. The van der Waals surface area contributed by atoms with Crippen molar-refractivity contribution in [3.8, 4) is 11.5 Å². The van der Waals surface area contributed by atoms with Crippen LogP contribution in [0.1, 0.15) is 26.3 Å². The summed E-state index contributed by atoms with van der Waals surface area (Å²) in [4.78, 5) is 33.6. The number of methoxy groups -OCH3 is 2. The van der Waals surface area contributed by atoms with E-state index in [4.69, 9.17) is 9.47 Å². The molecule has 10 heteroatoms. The number of benzene rings is 2. The van der Waals surface area contributed by atoms with Crippen molar-refractivity contribution >= 4 is 23.8 Å². The van der Waals surface area contributed by atoms with Gasteiger partial charge < -0.3 is 19.4 Å². The molecule has 0 unspecified atom stereocenters. The van der Waals surface area contributed by atoms with E-state index in [-0.39, 0.29) is 33.9 Å². The average molecular weight is 372 g/mol.